The molecule has 0 N–H and O–H groups in total. The number of hydrogen-bond acceptors (Lipinski definition) is 5. The topological polar surface area (TPSA) is 69.3 Å². The maximum atomic E-state index is 11.4. The quantitative estimate of drug-likeness (QED) is 0.549. The lowest BCUT2D eigenvalue weighted by Crippen LogP contribution is -2.29. The highest BCUT2D eigenvalue weighted by Crippen LogP contribution is 2.03. The van der Waals surface area contributed by atoms with Crippen molar-refractivity contribution in [3.8, 4) is 0 Å². The van der Waals surface area contributed by atoms with E-state index in [1.54, 1.807) is 6.92 Å². The van der Waals surface area contributed by atoms with Crippen LogP contribution in [-0.2, 0) is 4.74 Å². The fraction of sp³-hybridized carbons (Fsp3) is 0.400. The fourth-order valence-electron chi connectivity index (χ4n) is 1.41. The summed E-state index contributed by atoms with van der Waals surface area (Å²) in [5.74, 6) is -0.367. The number of rotatable bonds is 2. The van der Waals surface area contributed by atoms with Gasteiger partial charge in [0.2, 0.25) is 0 Å². The summed E-state index contributed by atoms with van der Waals surface area (Å²) in [7, 11) is 0. The molecule has 0 spiro atoms. The zero-order chi connectivity index (χ0) is 11.7. The van der Waals surface area contributed by atoms with Gasteiger partial charge in [-0.05, 0) is 17.0 Å². The third-order valence-corrected chi connectivity index (χ3v) is 2.03. The number of ether oxygens (including phenoxy) is 1. The highest BCUT2D eigenvalue weighted by atomic mass is 16.5. The van der Waals surface area contributed by atoms with E-state index in [0.717, 1.165) is 11.4 Å². The number of esters is 1. The molecule has 0 aliphatic rings. The zero-order valence-corrected chi connectivity index (χ0v) is 9.35. The normalized spacial score (nSPS) is 10.7. The lowest BCUT2D eigenvalue weighted by molar-refractivity contribution is -0.589. The molecule has 6 heteroatoms. The number of fused-ring (bicyclic) bond motifs is 1. The maximum Gasteiger partial charge on any atom is 0.532 e. The van der Waals surface area contributed by atoms with E-state index in [-0.39, 0.29) is 12.5 Å². The van der Waals surface area contributed by atoms with Crippen molar-refractivity contribution >= 4 is 11.8 Å². The van der Waals surface area contributed by atoms with E-state index in [1.165, 1.54) is 4.52 Å². The van der Waals surface area contributed by atoms with Gasteiger partial charge in [0, 0.05) is 19.9 Å². The van der Waals surface area contributed by atoms with E-state index >= 15 is 0 Å². The molecule has 0 unspecified atom stereocenters. The molecule has 16 heavy (non-hydrogen) atoms. The number of aromatic nitrogens is 3. The van der Waals surface area contributed by atoms with Gasteiger partial charge in [-0.15, -0.1) is 0 Å². The van der Waals surface area contributed by atoms with Crippen LogP contribution in [0.5, 0.6) is 0 Å². The summed E-state index contributed by atoms with van der Waals surface area (Å²) in [6.45, 7) is 5.72. The van der Waals surface area contributed by atoms with Crippen molar-refractivity contribution in [1.82, 2.24) is 10.1 Å². The Kier molecular flexibility index (Phi) is 2.55. The van der Waals surface area contributed by atoms with Crippen molar-refractivity contribution in [1.29, 1.82) is 0 Å². The lowest BCUT2D eigenvalue weighted by Gasteiger charge is -1.92. The van der Waals surface area contributed by atoms with Gasteiger partial charge in [0.25, 0.3) is 0 Å². The maximum absolute atomic E-state index is 11.4. The van der Waals surface area contributed by atoms with Crippen molar-refractivity contribution in [2.45, 2.75) is 20.8 Å². The van der Waals surface area contributed by atoms with E-state index in [1.807, 2.05) is 19.9 Å². The summed E-state index contributed by atoms with van der Waals surface area (Å²) in [6.07, 6.45) is 0. The Morgan fingerprint density at radius 2 is 2.31 bits per heavy atom. The van der Waals surface area contributed by atoms with Crippen LogP contribution < -0.4 is 4.52 Å². The standard InChI is InChI=1S/C10H12N3O3/c1-4-15-9(14)8-12-13-7(3)5-6(2)11-10(13)16-8/h5H,4H2,1-3H3/q+1. The van der Waals surface area contributed by atoms with Gasteiger partial charge in [-0.25, -0.2) is 4.79 Å². The summed E-state index contributed by atoms with van der Waals surface area (Å²) in [6, 6.07) is 1.85. The molecule has 0 aromatic carbocycles. The van der Waals surface area contributed by atoms with Gasteiger partial charge < -0.3 is 9.15 Å². The minimum absolute atomic E-state index is 0.0805. The third kappa shape index (κ3) is 1.73. The van der Waals surface area contributed by atoms with Gasteiger partial charge in [0.15, 0.2) is 5.69 Å². The van der Waals surface area contributed by atoms with E-state index in [0.29, 0.717) is 5.84 Å². The highest BCUT2D eigenvalue weighted by molar-refractivity contribution is 5.83. The number of carbonyl (C=O) groups excluding carboxylic acids is 1. The first-order chi connectivity index (χ1) is 7.61. The molecule has 2 aromatic heterocycles. The van der Waals surface area contributed by atoms with Crippen molar-refractivity contribution in [3.63, 3.8) is 0 Å². The molecular formula is C10H12N3O3+. The molecule has 0 aliphatic heterocycles. The Morgan fingerprint density at radius 3 is 3.00 bits per heavy atom. The second-order valence-electron chi connectivity index (χ2n) is 3.36. The minimum Gasteiger partial charge on any atom is -0.459 e. The lowest BCUT2D eigenvalue weighted by atomic mass is 10.4. The summed E-state index contributed by atoms with van der Waals surface area (Å²) in [4.78, 5) is 15.5. The number of carbonyl (C=O) groups is 1. The first-order valence-corrected chi connectivity index (χ1v) is 4.96. The van der Waals surface area contributed by atoms with Crippen LogP contribution in [0.2, 0.25) is 0 Å². The Balaban J connectivity index is 2.51. The molecular weight excluding hydrogens is 210 g/mol. The molecule has 0 saturated heterocycles. The Hall–Kier alpha value is -1.98. The molecule has 2 rings (SSSR count). The Morgan fingerprint density at radius 1 is 1.56 bits per heavy atom. The van der Waals surface area contributed by atoms with Crippen LogP contribution >= 0.6 is 0 Å². The van der Waals surface area contributed by atoms with Crippen molar-refractivity contribution in [2.24, 2.45) is 0 Å². The van der Waals surface area contributed by atoms with Crippen LogP contribution in [-0.4, -0.2) is 22.7 Å². The van der Waals surface area contributed by atoms with Gasteiger partial charge in [-0.2, -0.15) is 0 Å². The molecule has 0 saturated carbocycles. The van der Waals surface area contributed by atoms with E-state index in [9.17, 15) is 4.79 Å². The van der Waals surface area contributed by atoms with Gasteiger partial charge in [-0.1, -0.05) is 4.52 Å². The van der Waals surface area contributed by atoms with Crippen LogP contribution in [0.1, 0.15) is 29.0 Å². The molecule has 0 bridgehead atoms. The molecule has 84 valence electrons. The minimum atomic E-state index is -0.579. The monoisotopic (exact) mass is 222 g/mol. The zero-order valence-electron chi connectivity index (χ0n) is 9.35. The van der Waals surface area contributed by atoms with Crippen LogP contribution in [0.15, 0.2) is 10.5 Å². The van der Waals surface area contributed by atoms with Gasteiger partial charge >= 0.3 is 17.7 Å². The second-order valence-corrected chi connectivity index (χ2v) is 3.36. The fourth-order valence-corrected chi connectivity index (χ4v) is 1.41. The summed E-state index contributed by atoms with van der Waals surface area (Å²) < 4.78 is 11.5. The molecule has 0 fully saturated rings. The van der Waals surface area contributed by atoms with Crippen LogP contribution in [0.3, 0.4) is 0 Å². The number of aryl methyl sites for hydroxylation is 2. The third-order valence-electron chi connectivity index (χ3n) is 2.03. The predicted molar refractivity (Wildman–Crippen MR) is 52.9 cm³/mol. The highest BCUT2D eigenvalue weighted by Gasteiger charge is 2.23. The Bertz CT molecular complexity index is 547. The number of nitrogens with zero attached hydrogens (tertiary/aromatic N) is 3. The molecule has 0 aliphatic carbocycles. The van der Waals surface area contributed by atoms with E-state index in [2.05, 4.69) is 10.1 Å². The van der Waals surface area contributed by atoms with E-state index < -0.39 is 5.97 Å². The molecule has 0 atom stereocenters. The summed E-state index contributed by atoms with van der Waals surface area (Å²) >= 11 is 0. The smallest absolute Gasteiger partial charge is 0.459 e. The van der Waals surface area contributed by atoms with Gasteiger partial charge in [0.1, 0.15) is 5.69 Å². The van der Waals surface area contributed by atoms with Crippen LogP contribution in [0.4, 0.5) is 0 Å². The first-order valence-electron chi connectivity index (χ1n) is 4.96. The molecule has 6 nitrogen and oxygen atoms in total. The van der Waals surface area contributed by atoms with Crippen molar-refractivity contribution < 1.29 is 18.5 Å². The molecule has 0 amide bonds. The van der Waals surface area contributed by atoms with Crippen molar-refractivity contribution in [3.05, 3.63) is 23.3 Å². The van der Waals surface area contributed by atoms with Gasteiger partial charge in [-0.3, -0.25) is 0 Å². The molecule has 2 aromatic rings. The predicted octanol–water partition coefficient (Wildman–Crippen LogP) is 0.602. The second kappa shape index (κ2) is 3.88. The molecule has 2 heterocycles. The summed E-state index contributed by atoms with van der Waals surface area (Å²) in [5, 5.41) is 3.98. The first kappa shape index (κ1) is 10.5. The van der Waals surface area contributed by atoms with Crippen LogP contribution in [0, 0.1) is 13.8 Å². The summed E-state index contributed by atoms with van der Waals surface area (Å²) in [5.41, 5.74) is 1.66. The van der Waals surface area contributed by atoms with E-state index in [4.69, 9.17) is 9.15 Å². The average Bonchev–Trinajstić information content (AvgIpc) is 2.62. The number of hydrogen-bond donors (Lipinski definition) is 0. The van der Waals surface area contributed by atoms with Crippen molar-refractivity contribution in [2.75, 3.05) is 6.61 Å². The average molecular weight is 222 g/mol. The van der Waals surface area contributed by atoms with Crippen LogP contribution in [0.25, 0.3) is 5.84 Å². The largest absolute Gasteiger partial charge is 0.532 e. The molecule has 0 radical (unpaired) electrons. The Labute approximate surface area is 91.9 Å². The SMILES string of the molecule is CCOC(=O)c1n[n+]2c(C)cc(C)nc2o1. The van der Waals surface area contributed by atoms with Gasteiger partial charge in [0.05, 0.1) is 6.61 Å².